The van der Waals surface area contributed by atoms with Gasteiger partial charge in [-0.05, 0) is 30.5 Å². The number of ether oxygens (including phenoxy) is 1. The van der Waals surface area contributed by atoms with E-state index in [2.05, 4.69) is 34.6 Å². The second-order valence-corrected chi connectivity index (χ2v) is 4.98. The molecular weight excluding hydrogens is 250 g/mol. The summed E-state index contributed by atoms with van der Waals surface area (Å²) in [7, 11) is 0. The van der Waals surface area contributed by atoms with E-state index in [4.69, 9.17) is 10.5 Å². The summed E-state index contributed by atoms with van der Waals surface area (Å²) in [4.78, 5) is 4.44. The molecule has 1 heterocycles. The van der Waals surface area contributed by atoms with Crippen molar-refractivity contribution in [3.8, 4) is 5.88 Å². The predicted molar refractivity (Wildman–Crippen MR) is 79.9 cm³/mol. The lowest BCUT2D eigenvalue weighted by atomic mass is 10.1. The molecule has 4 nitrogen and oxygen atoms in total. The van der Waals surface area contributed by atoms with Crippen LogP contribution in [0.15, 0.2) is 42.5 Å². The van der Waals surface area contributed by atoms with Crippen molar-refractivity contribution in [2.75, 3.05) is 11.9 Å². The highest BCUT2D eigenvalue weighted by atomic mass is 16.5. The molecule has 1 aromatic carbocycles. The van der Waals surface area contributed by atoms with Crippen LogP contribution in [0.1, 0.15) is 24.1 Å². The molecule has 2 atom stereocenters. The van der Waals surface area contributed by atoms with Crippen molar-refractivity contribution in [3.63, 3.8) is 0 Å². The lowest BCUT2D eigenvalue weighted by Gasteiger charge is -2.19. The molecule has 1 aromatic heterocycles. The third-order valence-corrected chi connectivity index (χ3v) is 3.59. The molecule has 0 bridgehead atoms. The summed E-state index contributed by atoms with van der Waals surface area (Å²) >= 11 is 0. The van der Waals surface area contributed by atoms with Gasteiger partial charge < -0.3 is 15.8 Å². The number of nitrogens with one attached hydrogen (secondary N) is 1. The molecular formula is C16H19N3O. The first-order valence-electron chi connectivity index (χ1n) is 6.97. The number of nitrogens with zero attached hydrogens (tertiary/aromatic N) is 1. The van der Waals surface area contributed by atoms with E-state index >= 15 is 0 Å². The standard InChI is InChI=1S/C16H19N3O/c1-2-20-15-9-5-8-14(18-15)19-16-12-7-4-3-6-11(12)10-13(16)17/h3-9,13,16H,2,10,17H2,1H3,(H,18,19). The van der Waals surface area contributed by atoms with Gasteiger partial charge in [0.15, 0.2) is 0 Å². The van der Waals surface area contributed by atoms with Gasteiger partial charge in [-0.2, -0.15) is 4.98 Å². The third kappa shape index (κ3) is 2.47. The van der Waals surface area contributed by atoms with Crippen LogP contribution < -0.4 is 15.8 Å². The molecule has 3 N–H and O–H groups in total. The highest BCUT2D eigenvalue weighted by molar-refractivity contribution is 5.46. The SMILES string of the molecule is CCOc1cccc(NC2c3ccccc3CC2N)n1. The molecule has 3 rings (SSSR count). The first-order chi connectivity index (χ1) is 9.78. The van der Waals surface area contributed by atoms with Crippen LogP contribution in [0.2, 0.25) is 0 Å². The van der Waals surface area contributed by atoms with Crippen molar-refractivity contribution >= 4 is 5.82 Å². The van der Waals surface area contributed by atoms with Gasteiger partial charge in [0.25, 0.3) is 0 Å². The van der Waals surface area contributed by atoms with Gasteiger partial charge in [0.1, 0.15) is 5.82 Å². The van der Waals surface area contributed by atoms with Crippen LogP contribution in [-0.2, 0) is 6.42 Å². The summed E-state index contributed by atoms with van der Waals surface area (Å²) in [5, 5.41) is 3.43. The largest absolute Gasteiger partial charge is 0.478 e. The number of hydrogen-bond acceptors (Lipinski definition) is 4. The van der Waals surface area contributed by atoms with E-state index in [0.29, 0.717) is 12.5 Å². The fourth-order valence-electron chi connectivity index (χ4n) is 2.69. The molecule has 0 saturated heterocycles. The second kappa shape index (κ2) is 5.51. The van der Waals surface area contributed by atoms with Gasteiger partial charge in [0.2, 0.25) is 5.88 Å². The van der Waals surface area contributed by atoms with Gasteiger partial charge in [-0.15, -0.1) is 0 Å². The predicted octanol–water partition coefficient (Wildman–Crippen LogP) is 2.52. The molecule has 2 aromatic rings. The highest BCUT2D eigenvalue weighted by Crippen LogP contribution is 2.32. The quantitative estimate of drug-likeness (QED) is 0.895. The topological polar surface area (TPSA) is 60.2 Å². The van der Waals surface area contributed by atoms with Crippen LogP contribution in [0.25, 0.3) is 0 Å². The molecule has 0 aliphatic heterocycles. The molecule has 0 saturated carbocycles. The van der Waals surface area contributed by atoms with E-state index in [9.17, 15) is 0 Å². The summed E-state index contributed by atoms with van der Waals surface area (Å²) < 4.78 is 5.42. The zero-order valence-electron chi connectivity index (χ0n) is 11.5. The number of hydrogen-bond donors (Lipinski definition) is 2. The Balaban J connectivity index is 1.82. The Kier molecular flexibility index (Phi) is 3.56. The molecule has 104 valence electrons. The number of nitrogens with two attached hydrogens (primary N) is 1. The number of pyridine rings is 1. The van der Waals surface area contributed by atoms with Crippen LogP contribution in [0.5, 0.6) is 5.88 Å². The Morgan fingerprint density at radius 2 is 2.10 bits per heavy atom. The Morgan fingerprint density at radius 3 is 2.95 bits per heavy atom. The first-order valence-corrected chi connectivity index (χ1v) is 6.97. The highest BCUT2D eigenvalue weighted by Gasteiger charge is 2.29. The van der Waals surface area contributed by atoms with Crippen molar-refractivity contribution in [2.24, 2.45) is 5.73 Å². The first kappa shape index (κ1) is 12.9. The van der Waals surface area contributed by atoms with Gasteiger partial charge in [0, 0.05) is 12.1 Å². The summed E-state index contributed by atoms with van der Waals surface area (Å²) in [5.74, 6) is 1.44. The van der Waals surface area contributed by atoms with Gasteiger partial charge in [-0.3, -0.25) is 0 Å². The van der Waals surface area contributed by atoms with E-state index in [1.54, 1.807) is 0 Å². The lowest BCUT2D eigenvalue weighted by molar-refractivity contribution is 0.327. The minimum Gasteiger partial charge on any atom is -0.478 e. The van der Waals surface area contributed by atoms with Crippen molar-refractivity contribution < 1.29 is 4.74 Å². The zero-order valence-corrected chi connectivity index (χ0v) is 11.5. The van der Waals surface area contributed by atoms with Crippen molar-refractivity contribution in [1.82, 2.24) is 4.98 Å². The Morgan fingerprint density at radius 1 is 1.25 bits per heavy atom. The maximum absolute atomic E-state index is 6.25. The maximum atomic E-state index is 6.25. The lowest BCUT2D eigenvalue weighted by Crippen LogP contribution is -2.30. The van der Waals surface area contributed by atoms with E-state index in [1.807, 2.05) is 25.1 Å². The summed E-state index contributed by atoms with van der Waals surface area (Å²) in [5.41, 5.74) is 8.84. The molecule has 0 amide bonds. The van der Waals surface area contributed by atoms with Crippen molar-refractivity contribution in [1.29, 1.82) is 0 Å². The average Bonchev–Trinajstić information content (AvgIpc) is 2.76. The minimum absolute atomic E-state index is 0.0740. The van der Waals surface area contributed by atoms with Crippen LogP contribution >= 0.6 is 0 Å². The number of rotatable bonds is 4. The number of fused-ring (bicyclic) bond motifs is 1. The molecule has 2 unspecified atom stereocenters. The zero-order chi connectivity index (χ0) is 13.9. The third-order valence-electron chi connectivity index (χ3n) is 3.59. The van der Waals surface area contributed by atoms with Crippen molar-refractivity contribution in [3.05, 3.63) is 53.6 Å². The fraction of sp³-hybridized carbons (Fsp3) is 0.312. The number of aromatic nitrogens is 1. The Labute approximate surface area is 119 Å². The Bertz CT molecular complexity index is 600. The monoisotopic (exact) mass is 269 g/mol. The second-order valence-electron chi connectivity index (χ2n) is 4.98. The molecule has 0 radical (unpaired) electrons. The normalized spacial score (nSPS) is 20.5. The van der Waals surface area contributed by atoms with Crippen molar-refractivity contribution in [2.45, 2.75) is 25.4 Å². The fourth-order valence-corrected chi connectivity index (χ4v) is 2.69. The number of benzene rings is 1. The molecule has 4 heteroatoms. The van der Waals surface area contributed by atoms with Gasteiger partial charge in [0.05, 0.1) is 12.6 Å². The van der Waals surface area contributed by atoms with Crippen LogP contribution in [-0.4, -0.2) is 17.6 Å². The minimum atomic E-state index is 0.0740. The summed E-state index contributed by atoms with van der Waals surface area (Å²) in [6.07, 6.45) is 0.902. The van der Waals surface area contributed by atoms with E-state index in [-0.39, 0.29) is 12.1 Å². The maximum Gasteiger partial charge on any atom is 0.215 e. The molecule has 1 aliphatic rings. The van der Waals surface area contributed by atoms with Gasteiger partial charge in [-0.1, -0.05) is 30.3 Å². The molecule has 0 fully saturated rings. The van der Waals surface area contributed by atoms with Gasteiger partial charge in [-0.25, -0.2) is 0 Å². The number of anilines is 1. The van der Waals surface area contributed by atoms with E-state index < -0.39 is 0 Å². The smallest absolute Gasteiger partial charge is 0.215 e. The van der Waals surface area contributed by atoms with Crippen LogP contribution in [0, 0.1) is 0 Å². The molecule has 1 aliphatic carbocycles. The van der Waals surface area contributed by atoms with Crippen LogP contribution in [0.3, 0.4) is 0 Å². The van der Waals surface area contributed by atoms with Crippen LogP contribution in [0.4, 0.5) is 5.82 Å². The van der Waals surface area contributed by atoms with E-state index in [0.717, 1.165) is 12.2 Å². The molecule has 20 heavy (non-hydrogen) atoms. The Hall–Kier alpha value is -2.07. The molecule has 0 spiro atoms. The summed E-state index contributed by atoms with van der Waals surface area (Å²) in [6.45, 7) is 2.56. The average molecular weight is 269 g/mol. The van der Waals surface area contributed by atoms with E-state index in [1.165, 1.54) is 11.1 Å². The van der Waals surface area contributed by atoms with Gasteiger partial charge >= 0.3 is 0 Å². The summed E-state index contributed by atoms with van der Waals surface area (Å²) in [6, 6.07) is 14.3.